The molecule has 0 bridgehead atoms. The number of aliphatic imine (C=N–C) groups is 1. The molecule has 0 atom stereocenters. The Morgan fingerprint density at radius 3 is 3.00 bits per heavy atom. The number of hydrogen-bond acceptors (Lipinski definition) is 5. The number of H-pyrrole nitrogens is 1. The van der Waals surface area contributed by atoms with Crippen LogP contribution in [0.15, 0.2) is 34.4 Å². The van der Waals surface area contributed by atoms with Crippen LogP contribution >= 0.6 is 11.8 Å². The van der Waals surface area contributed by atoms with Gasteiger partial charge in [-0.2, -0.15) is 0 Å². The van der Waals surface area contributed by atoms with Gasteiger partial charge in [0, 0.05) is 29.4 Å². The van der Waals surface area contributed by atoms with Crippen LogP contribution in [0.25, 0.3) is 22.1 Å². The lowest BCUT2D eigenvalue weighted by Gasteiger charge is -1.96. The largest absolute Gasteiger partial charge is 0.338 e. The van der Waals surface area contributed by atoms with E-state index in [1.807, 2.05) is 30.5 Å². The number of hydrogen-bond donors (Lipinski definition) is 1. The molecular weight excluding hydrogens is 306 g/mol. The fourth-order valence-corrected chi connectivity index (χ4v) is 3.04. The van der Waals surface area contributed by atoms with E-state index in [1.54, 1.807) is 11.8 Å². The number of benzene rings is 1. The van der Waals surface area contributed by atoms with Crippen molar-refractivity contribution in [2.75, 3.05) is 12.3 Å². The number of nitrogens with one attached hydrogen (secondary N) is 1. The average Bonchev–Trinajstić information content (AvgIpc) is 2.95. The summed E-state index contributed by atoms with van der Waals surface area (Å²) in [5, 5.41) is 10.3. The number of aromatic nitrogens is 4. The van der Waals surface area contributed by atoms with E-state index < -0.39 is 0 Å². The van der Waals surface area contributed by atoms with Crippen molar-refractivity contribution in [3.05, 3.63) is 24.3 Å². The first-order chi connectivity index (χ1) is 11.4. The zero-order valence-corrected chi connectivity index (χ0v) is 14.1. The summed E-state index contributed by atoms with van der Waals surface area (Å²) >= 11 is 1.56. The summed E-state index contributed by atoms with van der Waals surface area (Å²) in [5.41, 5.74) is 2.66. The van der Waals surface area contributed by atoms with Gasteiger partial charge >= 0.3 is 0 Å². The molecule has 0 radical (unpaired) electrons. The summed E-state index contributed by atoms with van der Waals surface area (Å²) in [6.45, 7) is 3.14. The normalized spacial score (nSPS) is 11.9. The summed E-state index contributed by atoms with van der Waals surface area (Å²) in [6.07, 6.45) is 6.96. The summed E-state index contributed by atoms with van der Waals surface area (Å²) in [5.74, 6) is 0.779. The quantitative estimate of drug-likeness (QED) is 0.381. The molecule has 3 rings (SSSR count). The molecule has 6 heteroatoms. The zero-order chi connectivity index (χ0) is 15.9. The molecule has 1 aromatic carbocycles. The maximum atomic E-state index is 4.54. The van der Waals surface area contributed by atoms with Crippen molar-refractivity contribution in [1.29, 1.82) is 0 Å². The Morgan fingerprint density at radius 1 is 1.17 bits per heavy atom. The Morgan fingerprint density at radius 2 is 2.09 bits per heavy atom. The lowest BCUT2D eigenvalue weighted by molar-refractivity contribution is 0.676. The molecule has 5 nitrogen and oxygen atoms in total. The van der Waals surface area contributed by atoms with Crippen LogP contribution in [-0.4, -0.2) is 38.7 Å². The van der Waals surface area contributed by atoms with Crippen molar-refractivity contribution in [3.8, 4) is 0 Å². The molecule has 0 amide bonds. The second-order valence-electron chi connectivity index (χ2n) is 5.42. The topological polar surface area (TPSA) is 66.8 Å². The lowest BCUT2D eigenvalue weighted by atomic mass is 10.2. The van der Waals surface area contributed by atoms with Crippen LogP contribution in [0, 0.1) is 0 Å². The molecule has 0 unspecified atom stereocenters. The van der Waals surface area contributed by atoms with Gasteiger partial charge in [0.05, 0.1) is 0 Å². The molecule has 120 valence electrons. The first kappa shape index (κ1) is 15.9. The standard InChI is InChI=1S/C17H21N5S/c1-2-3-4-7-10-18-11-12-23-17-20-16-15(21-22-17)13-8-5-6-9-14(13)19-16/h5-6,8-9,11H,2-4,7,10,12H2,1H3,(H,19,20,22). The van der Waals surface area contributed by atoms with Gasteiger partial charge in [-0.15, -0.1) is 10.2 Å². The minimum absolute atomic E-state index is 0.682. The summed E-state index contributed by atoms with van der Waals surface area (Å²) < 4.78 is 0. The van der Waals surface area contributed by atoms with Gasteiger partial charge in [-0.25, -0.2) is 4.98 Å². The first-order valence-electron chi connectivity index (χ1n) is 8.10. The number of aromatic amines is 1. The van der Waals surface area contributed by atoms with Crippen LogP contribution in [0.2, 0.25) is 0 Å². The molecule has 0 aliphatic heterocycles. The average molecular weight is 327 g/mol. The fourth-order valence-electron chi connectivity index (χ4n) is 2.45. The Hall–Kier alpha value is -1.95. The van der Waals surface area contributed by atoms with Gasteiger partial charge in [0.2, 0.25) is 5.16 Å². The van der Waals surface area contributed by atoms with E-state index in [0.717, 1.165) is 34.4 Å². The van der Waals surface area contributed by atoms with Crippen LogP contribution in [0.5, 0.6) is 0 Å². The van der Waals surface area contributed by atoms with E-state index in [9.17, 15) is 0 Å². The SMILES string of the molecule is CCCCCCN=CCSc1nnc2c(n1)[nH]c1ccccc12. The van der Waals surface area contributed by atoms with Crippen LogP contribution in [0.1, 0.15) is 32.6 Å². The highest BCUT2D eigenvalue weighted by Gasteiger charge is 2.08. The third kappa shape index (κ3) is 4.07. The molecule has 0 saturated carbocycles. The van der Waals surface area contributed by atoms with Gasteiger partial charge in [-0.3, -0.25) is 4.99 Å². The molecule has 3 aromatic rings. The van der Waals surface area contributed by atoms with E-state index >= 15 is 0 Å². The van der Waals surface area contributed by atoms with Crippen molar-refractivity contribution in [2.24, 2.45) is 4.99 Å². The number of nitrogens with zero attached hydrogens (tertiary/aromatic N) is 4. The second-order valence-corrected chi connectivity index (χ2v) is 6.41. The Balaban J connectivity index is 1.56. The van der Waals surface area contributed by atoms with Crippen LogP contribution in [0.3, 0.4) is 0 Å². The van der Waals surface area contributed by atoms with E-state index in [4.69, 9.17) is 0 Å². The number of unbranched alkanes of at least 4 members (excludes halogenated alkanes) is 3. The fraction of sp³-hybridized carbons (Fsp3) is 0.412. The van der Waals surface area contributed by atoms with Crippen LogP contribution in [-0.2, 0) is 0 Å². The smallest absolute Gasteiger partial charge is 0.211 e. The van der Waals surface area contributed by atoms with E-state index in [-0.39, 0.29) is 0 Å². The van der Waals surface area contributed by atoms with E-state index in [0.29, 0.717) is 5.16 Å². The third-order valence-corrected chi connectivity index (χ3v) is 4.41. The van der Waals surface area contributed by atoms with Gasteiger partial charge in [-0.05, 0) is 12.5 Å². The summed E-state index contributed by atoms with van der Waals surface area (Å²) in [6, 6.07) is 8.05. The minimum Gasteiger partial charge on any atom is -0.338 e. The van der Waals surface area contributed by atoms with Crippen molar-refractivity contribution < 1.29 is 0 Å². The van der Waals surface area contributed by atoms with Crippen LogP contribution < -0.4 is 0 Å². The maximum Gasteiger partial charge on any atom is 0.211 e. The first-order valence-corrected chi connectivity index (χ1v) is 9.09. The van der Waals surface area contributed by atoms with E-state index in [2.05, 4.69) is 32.1 Å². The number of fused-ring (bicyclic) bond motifs is 3. The minimum atomic E-state index is 0.682. The zero-order valence-electron chi connectivity index (χ0n) is 13.3. The van der Waals surface area contributed by atoms with Gasteiger partial charge < -0.3 is 4.98 Å². The van der Waals surface area contributed by atoms with Crippen LogP contribution in [0.4, 0.5) is 0 Å². The van der Waals surface area contributed by atoms with Crippen molar-refractivity contribution >= 4 is 40.0 Å². The van der Waals surface area contributed by atoms with Crippen molar-refractivity contribution in [1.82, 2.24) is 20.2 Å². The third-order valence-electron chi connectivity index (χ3n) is 3.66. The Labute approximate surface area is 140 Å². The second kappa shape index (κ2) is 8.06. The lowest BCUT2D eigenvalue weighted by Crippen LogP contribution is -1.93. The summed E-state index contributed by atoms with van der Waals surface area (Å²) in [7, 11) is 0. The monoisotopic (exact) mass is 327 g/mol. The molecule has 0 aliphatic rings. The molecule has 2 heterocycles. The highest BCUT2D eigenvalue weighted by Crippen LogP contribution is 2.22. The molecule has 1 N–H and O–H groups in total. The van der Waals surface area contributed by atoms with Gasteiger partial charge in [0.25, 0.3) is 0 Å². The van der Waals surface area contributed by atoms with Crippen molar-refractivity contribution in [2.45, 2.75) is 37.8 Å². The summed E-state index contributed by atoms with van der Waals surface area (Å²) in [4.78, 5) is 12.3. The Kier molecular flexibility index (Phi) is 5.58. The molecule has 2 aromatic heterocycles. The molecule has 23 heavy (non-hydrogen) atoms. The Bertz CT molecular complexity index is 796. The molecular formula is C17H21N5S. The molecule has 0 fully saturated rings. The van der Waals surface area contributed by atoms with E-state index in [1.165, 1.54) is 25.7 Å². The molecule has 0 saturated heterocycles. The number of rotatable bonds is 8. The number of para-hydroxylation sites is 1. The van der Waals surface area contributed by atoms with Crippen molar-refractivity contribution in [3.63, 3.8) is 0 Å². The maximum absolute atomic E-state index is 4.54. The predicted octanol–water partition coefficient (Wildman–Crippen LogP) is 4.25. The van der Waals surface area contributed by atoms with Gasteiger partial charge in [0.15, 0.2) is 5.65 Å². The molecule has 0 spiro atoms. The number of thioether (sulfide) groups is 1. The van der Waals surface area contributed by atoms with Gasteiger partial charge in [-0.1, -0.05) is 56.1 Å². The predicted molar refractivity (Wildman–Crippen MR) is 97.4 cm³/mol. The highest BCUT2D eigenvalue weighted by atomic mass is 32.2. The molecule has 0 aliphatic carbocycles. The van der Waals surface area contributed by atoms with Gasteiger partial charge in [0.1, 0.15) is 5.52 Å². The highest BCUT2D eigenvalue weighted by molar-refractivity contribution is 7.99.